The van der Waals surface area contributed by atoms with Crippen LogP contribution in [0.3, 0.4) is 0 Å². The van der Waals surface area contributed by atoms with E-state index in [1.54, 1.807) is 6.92 Å². The van der Waals surface area contributed by atoms with Crippen molar-refractivity contribution in [2.45, 2.75) is 24.3 Å². The average Bonchev–Trinajstić information content (AvgIpc) is 2.26. The van der Waals surface area contributed by atoms with Crippen molar-refractivity contribution in [1.29, 1.82) is 5.41 Å². The Hall–Kier alpha value is -1.47. The van der Waals surface area contributed by atoms with Gasteiger partial charge in [0.1, 0.15) is 11.7 Å². The largest absolute Gasteiger partial charge is 0.386 e. The van der Waals surface area contributed by atoms with Gasteiger partial charge in [-0.1, -0.05) is 6.92 Å². The van der Waals surface area contributed by atoms with Gasteiger partial charge < -0.3 is 5.73 Å². The zero-order chi connectivity index (χ0) is 13.1. The normalized spacial score (nSPS) is 13.3. The van der Waals surface area contributed by atoms with Crippen LogP contribution in [0.1, 0.15) is 13.3 Å². The van der Waals surface area contributed by atoms with E-state index in [4.69, 9.17) is 11.1 Å². The van der Waals surface area contributed by atoms with Gasteiger partial charge in [0.05, 0.1) is 10.9 Å². The highest BCUT2D eigenvalue weighted by molar-refractivity contribution is 7.89. The van der Waals surface area contributed by atoms with Crippen molar-refractivity contribution in [2.24, 2.45) is 5.73 Å². The van der Waals surface area contributed by atoms with Crippen molar-refractivity contribution in [3.63, 3.8) is 0 Å². The van der Waals surface area contributed by atoms with Gasteiger partial charge in [0, 0.05) is 0 Å². The maximum Gasteiger partial charge on any atom is 0.241 e. The Morgan fingerprint density at radius 1 is 1.47 bits per heavy atom. The molecule has 0 aliphatic heterocycles. The summed E-state index contributed by atoms with van der Waals surface area (Å²) in [5.41, 5.74) is 5.25. The Labute approximate surface area is 99.4 Å². The Morgan fingerprint density at radius 3 is 2.41 bits per heavy atom. The van der Waals surface area contributed by atoms with E-state index in [1.807, 2.05) is 0 Å². The number of rotatable bonds is 5. The van der Waals surface area contributed by atoms with Crippen LogP contribution in [0.4, 0.5) is 4.39 Å². The minimum absolute atomic E-state index is 0.0569. The average molecular weight is 259 g/mol. The second-order valence-electron chi connectivity index (χ2n) is 3.49. The van der Waals surface area contributed by atoms with Crippen molar-refractivity contribution in [3.05, 3.63) is 30.1 Å². The van der Waals surface area contributed by atoms with Gasteiger partial charge in [-0.25, -0.2) is 17.5 Å². The molecule has 0 aromatic heterocycles. The molecule has 0 aliphatic rings. The number of hydrogen-bond acceptors (Lipinski definition) is 3. The van der Waals surface area contributed by atoms with Gasteiger partial charge >= 0.3 is 0 Å². The lowest BCUT2D eigenvalue weighted by molar-refractivity contribution is 0.570. The van der Waals surface area contributed by atoms with E-state index in [2.05, 4.69) is 4.72 Å². The minimum Gasteiger partial charge on any atom is -0.386 e. The van der Waals surface area contributed by atoms with Crippen LogP contribution >= 0.6 is 0 Å². The van der Waals surface area contributed by atoms with Crippen LogP contribution in [0.5, 0.6) is 0 Å². The minimum atomic E-state index is -3.77. The summed E-state index contributed by atoms with van der Waals surface area (Å²) < 4.78 is 38.6. The fourth-order valence-corrected chi connectivity index (χ4v) is 2.53. The summed E-state index contributed by atoms with van der Waals surface area (Å²) in [6.45, 7) is 1.71. The molecule has 7 heteroatoms. The molecule has 94 valence electrons. The lowest BCUT2D eigenvalue weighted by Gasteiger charge is -2.15. The fraction of sp³-hybridized carbons (Fsp3) is 0.300. The molecule has 0 bridgehead atoms. The van der Waals surface area contributed by atoms with E-state index >= 15 is 0 Å². The lowest BCUT2D eigenvalue weighted by atomic mass is 10.2. The van der Waals surface area contributed by atoms with Crippen LogP contribution in [0, 0.1) is 11.2 Å². The summed E-state index contributed by atoms with van der Waals surface area (Å²) >= 11 is 0. The summed E-state index contributed by atoms with van der Waals surface area (Å²) in [6, 6.07) is 3.69. The number of hydrogen-bond donors (Lipinski definition) is 3. The van der Waals surface area contributed by atoms with Crippen LogP contribution in [-0.2, 0) is 10.0 Å². The molecular formula is C10H14FN3O2S. The van der Waals surface area contributed by atoms with Crippen molar-refractivity contribution in [1.82, 2.24) is 4.72 Å². The van der Waals surface area contributed by atoms with E-state index in [0.717, 1.165) is 24.3 Å². The van der Waals surface area contributed by atoms with Gasteiger partial charge in [0.2, 0.25) is 10.0 Å². The first kappa shape index (κ1) is 13.6. The highest BCUT2D eigenvalue weighted by Gasteiger charge is 2.20. The summed E-state index contributed by atoms with van der Waals surface area (Å²) in [4.78, 5) is -0.0569. The van der Waals surface area contributed by atoms with Crippen LogP contribution in [0.15, 0.2) is 29.2 Å². The summed E-state index contributed by atoms with van der Waals surface area (Å²) in [7, 11) is -3.77. The Kier molecular flexibility index (Phi) is 4.19. The molecule has 0 spiro atoms. The van der Waals surface area contributed by atoms with Crippen LogP contribution in [0.2, 0.25) is 0 Å². The number of nitrogens with two attached hydrogens (primary N) is 1. The molecule has 4 N–H and O–H groups in total. The third-order valence-electron chi connectivity index (χ3n) is 2.21. The van der Waals surface area contributed by atoms with Gasteiger partial charge in [0.15, 0.2) is 0 Å². The summed E-state index contributed by atoms with van der Waals surface area (Å²) in [5.74, 6) is -0.763. The molecule has 0 heterocycles. The quantitative estimate of drug-likeness (QED) is 0.539. The first-order valence-electron chi connectivity index (χ1n) is 4.98. The number of sulfonamides is 1. The molecule has 0 radical (unpaired) electrons. The van der Waals surface area contributed by atoms with E-state index in [-0.39, 0.29) is 10.7 Å². The van der Waals surface area contributed by atoms with Gasteiger partial charge in [-0.15, -0.1) is 0 Å². The second kappa shape index (κ2) is 5.24. The molecule has 0 fully saturated rings. The first-order valence-corrected chi connectivity index (χ1v) is 6.47. The van der Waals surface area contributed by atoms with Gasteiger partial charge in [0.25, 0.3) is 0 Å². The molecule has 5 nitrogen and oxygen atoms in total. The van der Waals surface area contributed by atoms with Crippen molar-refractivity contribution in [3.8, 4) is 0 Å². The van der Waals surface area contributed by atoms with Gasteiger partial charge in [-0.2, -0.15) is 0 Å². The van der Waals surface area contributed by atoms with E-state index in [1.165, 1.54) is 0 Å². The van der Waals surface area contributed by atoms with Crippen molar-refractivity contribution >= 4 is 15.9 Å². The predicted molar refractivity (Wildman–Crippen MR) is 62.7 cm³/mol. The second-order valence-corrected chi connectivity index (χ2v) is 5.21. The third-order valence-corrected chi connectivity index (χ3v) is 3.69. The van der Waals surface area contributed by atoms with Crippen LogP contribution in [-0.4, -0.2) is 20.3 Å². The molecule has 1 rings (SSSR count). The third kappa shape index (κ3) is 3.50. The maximum absolute atomic E-state index is 12.7. The topological polar surface area (TPSA) is 96.0 Å². The smallest absolute Gasteiger partial charge is 0.241 e. The lowest BCUT2D eigenvalue weighted by Crippen LogP contribution is -2.43. The molecule has 1 unspecified atom stereocenters. The van der Waals surface area contributed by atoms with Crippen LogP contribution < -0.4 is 10.5 Å². The molecule has 1 atom stereocenters. The zero-order valence-corrected chi connectivity index (χ0v) is 10.1. The Morgan fingerprint density at radius 2 is 2.00 bits per heavy atom. The molecule has 1 aromatic rings. The number of amidine groups is 1. The standard InChI is InChI=1S/C10H14FN3O2S/c1-2-9(10(12)13)14-17(15,16)8-5-3-7(11)4-6-8/h3-6,9,14H,2H2,1H3,(H3,12,13). The van der Waals surface area contributed by atoms with E-state index in [0.29, 0.717) is 6.42 Å². The maximum atomic E-state index is 12.7. The fourth-order valence-electron chi connectivity index (χ4n) is 1.24. The summed E-state index contributed by atoms with van der Waals surface area (Å²) in [5, 5.41) is 7.22. The van der Waals surface area contributed by atoms with Gasteiger partial charge in [-0.3, -0.25) is 5.41 Å². The molecule has 0 amide bonds. The number of halogens is 1. The summed E-state index contributed by atoms with van der Waals surface area (Å²) in [6.07, 6.45) is 0.371. The van der Waals surface area contributed by atoms with E-state index in [9.17, 15) is 12.8 Å². The number of benzene rings is 1. The molecule has 17 heavy (non-hydrogen) atoms. The highest BCUT2D eigenvalue weighted by atomic mass is 32.2. The monoisotopic (exact) mass is 259 g/mol. The first-order chi connectivity index (χ1) is 7.86. The highest BCUT2D eigenvalue weighted by Crippen LogP contribution is 2.10. The molecule has 0 aliphatic carbocycles. The Balaban J connectivity index is 2.96. The van der Waals surface area contributed by atoms with E-state index < -0.39 is 21.9 Å². The predicted octanol–water partition coefficient (Wildman–Crippen LogP) is 0.819. The molecule has 1 aromatic carbocycles. The Bertz CT molecular complexity index is 499. The van der Waals surface area contributed by atoms with Crippen LogP contribution in [0.25, 0.3) is 0 Å². The SMILES string of the molecule is CCC(NS(=O)(=O)c1ccc(F)cc1)C(=N)N. The zero-order valence-electron chi connectivity index (χ0n) is 9.27. The van der Waals surface area contributed by atoms with Gasteiger partial charge in [-0.05, 0) is 30.7 Å². The molecular weight excluding hydrogens is 245 g/mol. The van der Waals surface area contributed by atoms with Crippen molar-refractivity contribution < 1.29 is 12.8 Å². The number of nitrogens with one attached hydrogen (secondary N) is 2. The molecule has 0 saturated heterocycles. The molecule has 0 saturated carbocycles. The van der Waals surface area contributed by atoms with Crippen molar-refractivity contribution in [2.75, 3.05) is 0 Å².